The number of carbonyl (C=O) groups is 1. The van der Waals surface area contributed by atoms with Gasteiger partial charge in [-0.15, -0.1) is 0 Å². The van der Waals surface area contributed by atoms with Gasteiger partial charge in [0.15, 0.2) is 0 Å². The summed E-state index contributed by atoms with van der Waals surface area (Å²) in [6.45, 7) is 0. The highest BCUT2D eigenvalue weighted by Gasteiger charge is 2.25. The van der Waals surface area contributed by atoms with Gasteiger partial charge in [0, 0.05) is 0 Å². The second kappa shape index (κ2) is 5.05. The molecule has 3 heteroatoms. The zero-order valence-corrected chi connectivity index (χ0v) is 10.6. The van der Waals surface area contributed by atoms with Gasteiger partial charge in [-0.25, -0.2) is 4.79 Å². The highest BCUT2D eigenvalue weighted by Crippen LogP contribution is 2.30. The van der Waals surface area contributed by atoms with E-state index in [0.717, 1.165) is 5.56 Å². The molecular weight excluding hydrogens is 252 g/mol. The molecule has 1 aliphatic rings. The highest BCUT2D eigenvalue weighted by molar-refractivity contribution is 6.20. The lowest BCUT2D eigenvalue weighted by molar-refractivity contribution is -0.298. The first-order chi connectivity index (χ1) is 9.75. The molecule has 0 saturated heterocycles. The van der Waals surface area contributed by atoms with Crippen molar-refractivity contribution in [1.29, 1.82) is 0 Å². The van der Waals surface area contributed by atoms with Gasteiger partial charge < -0.3 is 9.84 Å². The van der Waals surface area contributed by atoms with Crippen LogP contribution in [0.15, 0.2) is 72.2 Å². The molecule has 0 saturated carbocycles. The van der Waals surface area contributed by atoms with Crippen molar-refractivity contribution in [2.45, 2.75) is 0 Å². The van der Waals surface area contributed by atoms with E-state index in [4.69, 9.17) is 4.74 Å². The van der Waals surface area contributed by atoms with Crippen molar-refractivity contribution in [2.24, 2.45) is 0 Å². The molecule has 0 fully saturated rings. The zero-order valence-electron chi connectivity index (χ0n) is 10.6. The van der Waals surface area contributed by atoms with Crippen LogP contribution in [0.25, 0.3) is 11.6 Å². The van der Waals surface area contributed by atoms with Gasteiger partial charge in [0.05, 0.1) is 5.57 Å². The van der Waals surface area contributed by atoms with Crippen LogP contribution in [0.3, 0.4) is 0 Å². The molecule has 0 bridgehead atoms. The van der Waals surface area contributed by atoms with E-state index in [1.165, 1.54) is 0 Å². The van der Waals surface area contributed by atoms with E-state index >= 15 is 0 Å². The average molecular weight is 263 g/mol. The molecule has 3 nitrogen and oxygen atoms in total. The van der Waals surface area contributed by atoms with Gasteiger partial charge in [0.2, 0.25) is 0 Å². The van der Waals surface area contributed by atoms with Gasteiger partial charge in [-0.05, 0) is 23.0 Å². The number of carbonyl (C=O) groups excluding carboxylic acids is 1. The number of rotatable bonds is 2. The van der Waals surface area contributed by atoms with Gasteiger partial charge in [0.25, 0.3) is 0 Å². The van der Waals surface area contributed by atoms with Crippen molar-refractivity contribution in [1.82, 2.24) is 0 Å². The molecule has 2 aromatic rings. The summed E-state index contributed by atoms with van der Waals surface area (Å²) in [5, 5.41) is 12.3. The van der Waals surface area contributed by atoms with Crippen LogP contribution in [-0.4, -0.2) is 5.97 Å². The molecule has 0 spiro atoms. The Morgan fingerprint density at radius 3 is 2.15 bits per heavy atom. The Morgan fingerprint density at radius 2 is 1.50 bits per heavy atom. The molecule has 1 heterocycles. The van der Waals surface area contributed by atoms with Crippen molar-refractivity contribution in [3.05, 3.63) is 83.3 Å². The normalized spacial score (nSPS) is 16.6. The summed E-state index contributed by atoms with van der Waals surface area (Å²) >= 11 is 0. The SMILES string of the molecule is O=C1O/C(=C/c2ccccc2)C([O-])=C1c1ccccc1. The highest BCUT2D eigenvalue weighted by atomic mass is 16.6. The molecule has 1 aliphatic heterocycles. The molecule has 0 N–H and O–H groups in total. The van der Waals surface area contributed by atoms with E-state index in [2.05, 4.69) is 0 Å². The Bertz CT molecular complexity index is 698. The Hall–Kier alpha value is -2.81. The van der Waals surface area contributed by atoms with Gasteiger partial charge in [-0.1, -0.05) is 60.7 Å². The second-order valence-electron chi connectivity index (χ2n) is 4.38. The summed E-state index contributed by atoms with van der Waals surface area (Å²) in [4.78, 5) is 11.9. The number of benzene rings is 2. The predicted octanol–water partition coefficient (Wildman–Crippen LogP) is 2.36. The zero-order chi connectivity index (χ0) is 13.9. The monoisotopic (exact) mass is 263 g/mol. The summed E-state index contributed by atoms with van der Waals surface area (Å²) in [6, 6.07) is 18.1. The molecule has 0 radical (unpaired) electrons. The first-order valence-electron chi connectivity index (χ1n) is 6.22. The first kappa shape index (κ1) is 12.2. The first-order valence-corrected chi connectivity index (χ1v) is 6.22. The third kappa shape index (κ3) is 2.21. The van der Waals surface area contributed by atoms with E-state index in [-0.39, 0.29) is 17.1 Å². The molecule has 20 heavy (non-hydrogen) atoms. The van der Waals surface area contributed by atoms with E-state index in [1.54, 1.807) is 30.3 Å². The maximum Gasteiger partial charge on any atom is 0.343 e. The van der Waals surface area contributed by atoms with Gasteiger partial charge in [-0.3, -0.25) is 0 Å². The lowest BCUT2D eigenvalue weighted by atomic mass is 10.1. The second-order valence-corrected chi connectivity index (χ2v) is 4.38. The van der Waals surface area contributed by atoms with Crippen LogP contribution in [0.1, 0.15) is 11.1 Å². The van der Waals surface area contributed by atoms with Gasteiger partial charge >= 0.3 is 5.97 Å². The number of esters is 1. The van der Waals surface area contributed by atoms with E-state index < -0.39 is 5.97 Å². The molecule has 0 aromatic heterocycles. The molecule has 0 atom stereocenters. The molecule has 3 rings (SSSR count). The summed E-state index contributed by atoms with van der Waals surface area (Å²) in [5.41, 5.74) is 1.49. The van der Waals surface area contributed by atoms with E-state index in [0.29, 0.717) is 5.56 Å². The molecule has 0 unspecified atom stereocenters. The number of ether oxygens (including phenoxy) is 1. The maximum atomic E-state index is 12.3. The predicted molar refractivity (Wildman–Crippen MR) is 73.9 cm³/mol. The molecule has 98 valence electrons. The van der Waals surface area contributed by atoms with Crippen molar-refractivity contribution < 1.29 is 14.6 Å². The number of cyclic esters (lactones) is 1. The minimum Gasteiger partial charge on any atom is -0.869 e. The van der Waals surface area contributed by atoms with Crippen LogP contribution < -0.4 is 5.11 Å². The lowest BCUT2D eigenvalue weighted by Gasteiger charge is -2.08. The number of hydrogen-bond donors (Lipinski definition) is 0. The molecule has 0 amide bonds. The van der Waals surface area contributed by atoms with Crippen LogP contribution in [0.4, 0.5) is 0 Å². The minimum atomic E-state index is -0.594. The van der Waals surface area contributed by atoms with Crippen molar-refractivity contribution in [3.8, 4) is 0 Å². The minimum absolute atomic E-state index is 0.0695. The molecule has 0 aliphatic carbocycles. The fourth-order valence-electron chi connectivity index (χ4n) is 2.06. The smallest absolute Gasteiger partial charge is 0.343 e. The molecular formula is C17H11O3-. The standard InChI is InChI=1S/C17H12O3/c18-16-14(11-12-7-3-1-4-8-12)20-17(19)15(16)13-9-5-2-6-10-13/h1-11,18H/p-1/b14-11+. The summed E-state index contributed by atoms with van der Waals surface area (Å²) in [7, 11) is 0. The summed E-state index contributed by atoms with van der Waals surface area (Å²) in [5.74, 6) is -0.895. The van der Waals surface area contributed by atoms with E-state index in [1.807, 2.05) is 36.4 Å². The third-order valence-electron chi connectivity index (χ3n) is 3.02. The van der Waals surface area contributed by atoms with Crippen molar-refractivity contribution in [2.75, 3.05) is 0 Å². The Labute approximate surface area is 116 Å². The topological polar surface area (TPSA) is 49.4 Å². The Kier molecular flexibility index (Phi) is 3.09. The van der Waals surface area contributed by atoms with Crippen LogP contribution in [0.2, 0.25) is 0 Å². The largest absolute Gasteiger partial charge is 0.869 e. The van der Waals surface area contributed by atoms with Crippen LogP contribution in [0.5, 0.6) is 0 Å². The maximum absolute atomic E-state index is 12.3. The third-order valence-corrected chi connectivity index (χ3v) is 3.02. The average Bonchev–Trinajstić information content (AvgIpc) is 2.75. The Balaban J connectivity index is 2.03. The molecule has 2 aromatic carbocycles. The van der Waals surface area contributed by atoms with Crippen LogP contribution >= 0.6 is 0 Å². The quantitative estimate of drug-likeness (QED) is 0.781. The lowest BCUT2D eigenvalue weighted by Crippen LogP contribution is -2.05. The van der Waals surface area contributed by atoms with Gasteiger partial charge in [0.1, 0.15) is 5.76 Å². The fraction of sp³-hybridized carbons (Fsp3) is 0. The fourth-order valence-corrected chi connectivity index (χ4v) is 2.06. The van der Waals surface area contributed by atoms with Crippen LogP contribution in [0, 0.1) is 0 Å². The van der Waals surface area contributed by atoms with Crippen molar-refractivity contribution >= 4 is 17.6 Å². The summed E-state index contributed by atoms with van der Waals surface area (Å²) < 4.78 is 5.08. The van der Waals surface area contributed by atoms with E-state index in [9.17, 15) is 9.90 Å². The Morgan fingerprint density at radius 1 is 0.900 bits per heavy atom. The van der Waals surface area contributed by atoms with Crippen LogP contribution in [-0.2, 0) is 9.53 Å². The van der Waals surface area contributed by atoms with Gasteiger partial charge in [-0.2, -0.15) is 0 Å². The number of hydrogen-bond acceptors (Lipinski definition) is 3. The van der Waals surface area contributed by atoms with Crippen molar-refractivity contribution in [3.63, 3.8) is 0 Å². The summed E-state index contributed by atoms with van der Waals surface area (Å²) in [6.07, 6.45) is 1.58.